The minimum Gasteiger partial charge on any atom is -0.389 e. The summed E-state index contributed by atoms with van der Waals surface area (Å²) in [6.45, 7) is 1.42. The van der Waals surface area contributed by atoms with E-state index < -0.39 is 12.2 Å². The summed E-state index contributed by atoms with van der Waals surface area (Å²) in [7, 11) is 0. The molecule has 2 aromatic rings. The molecule has 0 spiro atoms. The third-order valence-corrected chi connectivity index (χ3v) is 3.37. The van der Waals surface area contributed by atoms with Gasteiger partial charge in [-0.3, -0.25) is 4.79 Å². The van der Waals surface area contributed by atoms with Crippen molar-refractivity contribution in [1.29, 1.82) is 0 Å². The van der Waals surface area contributed by atoms with E-state index >= 15 is 0 Å². The van der Waals surface area contributed by atoms with Gasteiger partial charge in [0.25, 0.3) is 0 Å². The van der Waals surface area contributed by atoms with Gasteiger partial charge in [0.15, 0.2) is 10.8 Å². The number of imidazole rings is 1. The van der Waals surface area contributed by atoms with Gasteiger partial charge >= 0.3 is 0 Å². The van der Waals surface area contributed by atoms with Crippen LogP contribution in [0.5, 0.6) is 0 Å². The van der Waals surface area contributed by atoms with Gasteiger partial charge in [-0.2, -0.15) is 0 Å². The van der Waals surface area contributed by atoms with E-state index in [9.17, 15) is 15.0 Å². The average molecular weight is 267 g/mol. The normalized spacial score (nSPS) is 14.6. The Bertz CT molecular complexity index is 557. The fourth-order valence-corrected chi connectivity index (χ4v) is 2.11. The summed E-state index contributed by atoms with van der Waals surface area (Å²) in [5, 5.41) is 19.6. The Balaban J connectivity index is 2.11. The highest BCUT2D eigenvalue weighted by Gasteiger charge is 2.20. The summed E-state index contributed by atoms with van der Waals surface area (Å²) in [5.74, 6) is 0.150. The number of H-pyrrole nitrogens is 1. The first-order valence-corrected chi connectivity index (χ1v) is 6.35. The van der Waals surface area contributed by atoms with Gasteiger partial charge in [0, 0.05) is 24.4 Å². The standard InChI is InChI=1S/C11H13N3O3S/c1-6(15)18-4-9(16)10(17)7-2-8-11(12-3-7)14-5-13-8/h2-3,5,9-10,16-17H,4H2,1H3,(H,12,13,14). The van der Waals surface area contributed by atoms with Crippen molar-refractivity contribution in [2.24, 2.45) is 0 Å². The van der Waals surface area contributed by atoms with Gasteiger partial charge in [-0.15, -0.1) is 0 Å². The van der Waals surface area contributed by atoms with Gasteiger partial charge in [-0.05, 0) is 6.07 Å². The van der Waals surface area contributed by atoms with E-state index in [0.29, 0.717) is 16.7 Å². The molecule has 18 heavy (non-hydrogen) atoms. The van der Waals surface area contributed by atoms with Crippen LogP contribution < -0.4 is 0 Å². The fraction of sp³-hybridized carbons (Fsp3) is 0.364. The number of hydrogen-bond donors (Lipinski definition) is 3. The molecule has 2 heterocycles. The second kappa shape index (κ2) is 5.47. The predicted octanol–water partition coefficient (Wildman–Crippen LogP) is 0.632. The highest BCUT2D eigenvalue weighted by molar-refractivity contribution is 8.13. The number of carbonyl (C=O) groups is 1. The molecule has 0 amide bonds. The smallest absolute Gasteiger partial charge is 0.185 e. The van der Waals surface area contributed by atoms with E-state index in [1.54, 1.807) is 6.07 Å². The van der Waals surface area contributed by atoms with E-state index in [1.165, 1.54) is 19.4 Å². The number of nitrogens with one attached hydrogen (secondary N) is 1. The van der Waals surface area contributed by atoms with E-state index in [0.717, 1.165) is 11.8 Å². The molecule has 0 aliphatic heterocycles. The maximum atomic E-state index is 10.8. The number of rotatable bonds is 4. The van der Waals surface area contributed by atoms with Gasteiger partial charge < -0.3 is 15.2 Å². The average Bonchev–Trinajstić information content (AvgIpc) is 2.81. The lowest BCUT2D eigenvalue weighted by molar-refractivity contribution is -0.109. The molecule has 0 radical (unpaired) electrons. The Morgan fingerprint density at radius 2 is 2.28 bits per heavy atom. The van der Waals surface area contributed by atoms with Gasteiger partial charge in [-0.25, -0.2) is 9.97 Å². The van der Waals surface area contributed by atoms with Crippen molar-refractivity contribution in [3.8, 4) is 0 Å². The third-order valence-electron chi connectivity index (χ3n) is 2.46. The second-order valence-corrected chi connectivity index (χ2v) is 5.05. The first kappa shape index (κ1) is 13.0. The topological polar surface area (TPSA) is 99.1 Å². The highest BCUT2D eigenvalue weighted by atomic mass is 32.2. The summed E-state index contributed by atoms with van der Waals surface area (Å²) >= 11 is 0.978. The van der Waals surface area contributed by atoms with E-state index in [1.807, 2.05) is 0 Å². The first-order valence-electron chi connectivity index (χ1n) is 5.36. The zero-order valence-electron chi connectivity index (χ0n) is 9.70. The maximum Gasteiger partial charge on any atom is 0.185 e. The number of aromatic nitrogens is 3. The molecule has 0 aliphatic rings. The minimum absolute atomic E-state index is 0.0941. The quantitative estimate of drug-likeness (QED) is 0.751. The number of hydrogen-bond acceptors (Lipinski definition) is 6. The van der Waals surface area contributed by atoms with Crippen molar-refractivity contribution < 1.29 is 15.0 Å². The number of carbonyl (C=O) groups excluding carboxylic acids is 1. The molecular weight excluding hydrogens is 254 g/mol. The van der Waals surface area contributed by atoms with Gasteiger partial charge in [0.2, 0.25) is 0 Å². The lowest BCUT2D eigenvalue weighted by Gasteiger charge is -2.16. The molecule has 0 bridgehead atoms. The van der Waals surface area contributed by atoms with Crippen LogP contribution >= 0.6 is 11.8 Å². The molecule has 0 aromatic carbocycles. The molecular formula is C11H13N3O3S. The van der Waals surface area contributed by atoms with Crippen molar-refractivity contribution in [2.45, 2.75) is 19.1 Å². The van der Waals surface area contributed by atoms with Gasteiger partial charge in [0.1, 0.15) is 6.10 Å². The molecule has 2 atom stereocenters. The van der Waals surface area contributed by atoms with Crippen LogP contribution in [0, 0.1) is 0 Å². The summed E-state index contributed by atoms with van der Waals surface area (Å²) in [4.78, 5) is 21.7. The molecule has 6 nitrogen and oxygen atoms in total. The van der Waals surface area contributed by atoms with E-state index in [2.05, 4.69) is 15.0 Å². The summed E-state index contributed by atoms with van der Waals surface area (Å²) in [6.07, 6.45) is 0.892. The Labute approximate surface area is 107 Å². The molecule has 0 fully saturated rings. The second-order valence-electron chi connectivity index (χ2n) is 3.86. The Kier molecular flexibility index (Phi) is 3.95. The van der Waals surface area contributed by atoms with Crippen molar-refractivity contribution in [1.82, 2.24) is 15.0 Å². The molecule has 3 N–H and O–H groups in total. The summed E-state index contributed by atoms with van der Waals surface area (Å²) < 4.78 is 0. The van der Waals surface area contributed by atoms with E-state index in [-0.39, 0.29) is 10.9 Å². The van der Waals surface area contributed by atoms with Crippen LogP contribution in [0.3, 0.4) is 0 Å². The lowest BCUT2D eigenvalue weighted by Crippen LogP contribution is -2.21. The van der Waals surface area contributed by atoms with Crippen molar-refractivity contribution in [3.63, 3.8) is 0 Å². The number of pyridine rings is 1. The monoisotopic (exact) mass is 267 g/mol. The SMILES string of the molecule is CC(=O)SCC(O)C(O)c1cnc2nc[nH]c2c1. The van der Waals surface area contributed by atoms with Crippen molar-refractivity contribution in [3.05, 3.63) is 24.2 Å². The third kappa shape index (κ3) is 2.87. The molecule has 0 saturated heterocycles. The number of aliphatic hydroxyl groups excluding tert-OH is 2. The Morgan fingerprint density at radius 1 is 1.50 bits per heavy atom. The molecule has 0 aliphatic carbocycles. The largest absolute Gasteiger partial charge is 0.389 e. The molecule has 2 rings (SSSR count). The molecule has 96 valence electrons. The van der Waals surface area contributed by atoms with Crippen LogP contribution in [0.4, 0.5) is 0 Å². The summed E-state index contributed by atoms with van der Waals surface area (Å²) in [6, 6.07) is 1.68. The van der Waals surface area contributed by atoms with Crippen LogP contribution in [0.2, 0.25) is 0 Å². The number of aromatic amines is 1. The fourth-order valence-electron chi connectivity index (χ4n) is 1.52. The molecule has 2 aromatic heterocycles. The first-order chi connectivity index (χ1) is 8.58. The highest BCUT2D eigenvalue weighted by Crippen LogP contribution is 2.21. The van der Waals surface area contributed by atoms with Crippen LogP contribution in [0.1, 0.15) is 18.6 Å². The zero-order valence-corrected chi connectivity index (χ0v) is 10.5. The lowest BCUT2D eigenvalue weighted by atomic mass is 10.1. The maximum absolute atomic E-state index is 10.8. The molecule has 7 heteroatoms. The predicted molar refractivity (Wildman–Crippen MR) is 68.0 cm³/mol. The Morgan fingerprint density at radius 3 is 3.00 bits per heavy atom. The van der Waals surface area contributed by atoms with Crippen LogP contribution in [-0.2, 0) is 4.79 Å². The van der Waals surface area contributed by atoms with Crippen LogP contribution in [0.25, 0.3) is 11.2 Å². The van der Waals surface area contributed by atoms with Gasteiger partial charge in [-0.1, -0.05) is 11.8 Å². The van der Waals surface area contributed by atoms with Crippen LogP contribution in [0.15, 0.2) is 18.6 Å². The van der Waals surface area contributed by atoms with Crippen LogP contribution in [-0.4, -0.2) is 42.1 Å². The molecule has 0 saturated carbocycles. The zero-order chi connectivity index (χ0) is 13.1. The van der Waals surface area contributed by atoms with E-state index in [4.69, 9.17) is 0 Å². The van der Waals surface area contributed by atoms with Crippen molar-refractivity contribution >= 4 is 28.0 Å². The minimum atomic E-state index is -1.07. The van der Waals surface area contributed by atoms with Crippen molar-refractivity contribution in [2.75, 3.05) is 5.75 Å². The van der Waals surface area contributed by atoms with Gasteiger partial charge in [0.05, 0.1) is 17.9 Å². The number of nitrogens with zero attached hydrogens (tertiary/aromatic N) is 2. The molecule has 2 unspecified atom stereocenters. The number of thioether (sulfide) groups is 1. The number of aliphatic hydroxyl groups is 2. The summed E-state index contributed by atoms with van der Waals surface area (Å²) in [5.41, 5.74) is 1.74. The number of fused-ring (bicyclic) bond motifs is 1. The Hall–Kier alpha value is -1.44.